The minimum absolute atomic E-state index is 0.0143. The summed E-state index contributed by atoms with van der Waals surface area (Å²) in [7, 11) is 1.84. The Kier molecular flexibility index (Phi) is 5.01. The van der Waals surface area contributed by atoms with E-state index in [4.69, 9.17) is 27.9 Å². The van der Waals surface area contributed by atoms with Gasteiger partial charge in [0.2, 0.25) is 0 Å². The van der Waals surface area contributed by atoms with Gasteiger partial charge in [-0.25, -0.2) is 0 Å². The molecule has 110 valence electrons. The number of nitrogens with zero attached hydrogens (tertiary/aromatic N) is 1. The summed E-state index contributed by atoms with van der Waals surface area (Å²) in [6.45, 7) is 0.698. The van der Waals surface area contributed by atoms with Gasteiger partial charge in [0.1, 0.15) is 16.5 Å². The van der Waals surface area contributed by atoms with Crippen molar-refractivity contribution in [2.45, 2.75) is 6.54 Å². The van der Waals surface area contributed by atoms with Crippen molar-refractivity contribution in [2.24, 2.45) is 0 Å². The number of halogens is 2. The van der Waals surface area contributed by atoms with E-state index in [1.165, 1.54) is 18.2 Å². The quantitative estimate of drug-likeness (QED) is 0.652. The molecule has 0 fully saturated rings. The zero-order valence-electron chi connectivity index (χ0n) is 11.1. The van der Waals surface area contributed by atoms with Crippen molar-refractivity contribution in [3.63, 3.8) is 0 Å². The highest BCUT2D eigenvalue weighted by molar-refractivity contribution is 6.33. The molecule has 0 amide bonds. The molecule has 0 aliphatic rings. The van der Waals surface area contributed by atoms with Crippen LogP contribution in [0.25, 0.3) is 0 Å². The standard InChI is InChI=1S/C14H12Cl2N2O3/c1-17-8-9-2-5-14(12(16)6-9)21-10-3-4-13(18(19)20)11(15)7-10/h2-7,17H,8H2,1H3. The normalized spacial score (nSPS) is 10.4. The molecule has 2 aromatic rings. The number of hydrogen-bond acceptors (Lipinski definition) is 4. The van der Waals surface area contributed by atoms with E-state index in [2.05, 4.69) is 5.32 Å². The van der Waals surface area contributed by atoms with Crippen LogP contribution in [0.1, 0.15) is 5.56 Å². The van der Waals surface area contributed by atoms with Crippen LogP contribution in [-0.2, 0) is 6.54 Å². The molecule has 0 bridgehead atoms. The second-order valence-electron chi connectivity index (χ2n) is 4.27. The van der Waals surface area contributed by atoms with E-state index in [-0.39, 0.29) is 10.7 Å². The third kappa shape index (κ3) is 3.85. The molecular weight excluding hydrogens is 315 g/mol. The maximum absolute atomic E-state index is 10.7. The predicted octanol–water partition coefficient (Wildman–Crippen LogP) is 4.41. The summed E-state index contributed by atoms with van der Waals surface area (Å²) < 4.78 is 5.60. The van der Waals surface area contributed by atoms with Crippen molar-refractivity contribution in [2.75, 3.05) is 7.05 Å². The van der Waals surface area contributed by atoms with Gasteiger partial charge in [-0.3, -0.25) is 10.1 Å². The fraction of sp³-hybridized carbons (Fsp3) is 0.143. The fourth-order valence-electron chi connectivity index (χ4n) is 1.77. The van der Waals surface area contributed by atoms with E-state index in [0.29, 0.717) is 23.1 Å². The molecule has 0 aliphatic heterocycles. The molecule has 0 atom stereocenters. The Morgan fingerprint density at radius 1 is 1.19 bits per heavy atom. The number of nitrogens with one attached hydrogen (secondary N) is 1. The van der Waals surface area contributed by atoms with Crippen LogP contribution in [0.5, 0.6) is 11.5 Å². The molecule has 7 heteroatoms. The summed E-state index contributed by atoms with van der Waals surface area (Å²) in [6.07, 6.45) is 0. The first-order valence-corrected chi connectivity index (χ1v) is 6.81. The van der Waals surface area contributed by atoms with Crippen molar-refractivity contribution in [1.29, 1.82) is 0 Å². The SMILES string of the molecule is CNCc1ccc(Oc2ccc([N+](=O)[O-])c(Cl)c2)c(Cl)c1. The van der Waals surface area contributed by atoms with Crippen LogP contribution in [0.15, 0.2) is 36.4 Å². The van der Waals surface area contributed by atoms with Gasteiger partial charge in [-0.15, -0.1) is 0 Å². The average molecular weight is 327 g/mol. The molecule has 21 heavy (non-hydrogen) atoms. The molecule has 5 nitrogen and oxygen atoms in total. The molecule has 0 saturated heterocycles. The van der Waals surface area contributed by atoms with E-state index in [9.17, 15) is 10.1 Å². The molecular formula is C14H12Cl2N2O3. The number of nitro groups is 1. The van der Waals surface area contributed by atoms with Gasteiger partial charge in [0, 0.05) is 18.7 Å². The summed E-state index contributed by atoms with van der Waals surface area (Å²) in [4.78, 5) is 10.1. The Hall–Kier alpha value is -1.82. The summed E-state index contributed by atoms with van der Waals surface area (Å²) in [5.41, 5.74) is 0.857. The van der Waals surface area contributed by atoms with Gasteiger partial charge in [-0.05, 0) is 30.8 Å². The first kappa shape index (κ1) is 15.6. The maximum atomic E-state index is 10.7. The van der Waals surface area contributed by atoms with Crippen LogP contribution < -0.4 is 10.1 Å². The van der Waals surface area contributed by atoms with Crippen molar-refractivity contribution in [1.82, 2.24) is 5.32 Å². The minimum Gasteiger partial charge on any atom is -0.456 e. The zero-order chi connectivity index (χ0) is 15.4. The van der Waals surface area contributed by atoms with Gasteiger partial charge in [-0.1, -0.05) is 29.3 Å². The Labute approximate surface area is 131 Å². The molecule has 0 unspecified atom stereocenters. The van der Waals surface area contributed by atoms with Gasteiger partial charge in [0.25, 0.3) is 5.69 Å². The van der Waals surface area contributed by atoms with Crippen LogP contribution in [-0.4, -0.2) is 12.0 Å². The van der Waals surface area contributed by atoms with E-state index in [1.54, 1.807) is 12.1 Å². The van der Waals surface area contributed by atoms with Crippen molar-refractivity contribution in [3.05, 3.63) is 62.1 Å². The lowest BCUT2D eigenvalue weighted by Gasteiger charge is -2.09. The lowest BCUT2D eigenvalue weighted by atomic mass is 10.2. The number of nitro benzene ring substituents is 1. The number of ether oxygens (including phenoxy) is 1. The van der Waals surface area contributed by atoms with Gasteiger partial charge in [-0.2, -0.15) is 0 Å². The number of benzene rings is 2. The van der Waals surface area contributed by atoms with Crippen LogP contribution in [0.4, 0.5) is 5.69 Å². The molecule has 0 spiro atoms. The topological polar surface area (TPSA) is 64.4 Å². The Bertz CT molecular complexity index is 677. The molecule has 0 heterocycles. The second kappa shape index (κ2) is 6.76. The summed E-state index contributed by atoms with van der Waals surface area (Å²) in [6, 6.07) is 9.57. The second-order valence-corrected chi connectivity index (χ2v) is 5.08. The zero-order valence-corrected chi connectivity index (χ0v) is 12.6. The number of rotatable bonds is 5. The van der Waals surface area contributed by atoms with Crippen molar-refractivity contribution >= 4 is 28.9 Å². The summed E-state index contributed by atoms with van der Waals surface area (Å²) >= 11 is 12.0. The van der Waals surface area contributed by atoms with Gasteiger partial charge < -0.3 is 10.1 Å². The van der Waals surface area contributed by atoms with Crippen molar-refractivity contribution in [3.8, 4) is 11.5 Å². The Morgan fingerprint density at radius 2 is 1.95 bits per heavy atom. The summed E-state index contributed by atoms with van der Waals surface area (Å²) in [5, 5.41) is 14.2. The maximum Gasteiger partial charge on any atom is 0.288 e. The Balaban J connectivity index is 2.22. The molecule has 0 radical (unpaired) electrons. The predicted molar refractivity (Wildman–Crippen MR) is 82.4 cm³/mol. The van der Waals surface area contributed by atoms with Gasteiger partial charge >= 0.3 is 0 Å². The molecule has 1 N–H and O–H groups in total. The minimum atomic E-state index is -0.550. The van der Waals surface area contributed by atoms with Crippen LogP contribution in [0.3, 0.4) is 0 Å². The highest BCUT2D eigenvalue weighted by atomic mass is 35.5. The van der Waals surface area contributed by atoms with Crippen LogP contribution in [0.2, 0.25) is 10.0 Å². The van der Waals surface area contributed by atoms with Crippen molar-refractivity contribution < 1.29 is 9.66 Å². The largest absolute Gasteiger partial charge is 0.456 e. The van der Waals surface area contributed by atoms with E-state index in [0.717, 1.165) is 5.56 Å². The summed E-state index contributed by atoms with van der Waals surface area (Å²) in [5.74, 6) is 0.843. The lowest BCUT2D eigenvalue weighted by Crippen LogP contribution is -2.04. The molecule has 0 aliphatic carbocycles. The van der Waals surface area contributed by atoms with Crippen LogP contribution in [0, 0.1) is 10.1 Å². The lowest BCUT2D eigenvalue weighted by molar-refractivity contribution is -0.384. The third-order valence-corrected chi connectivity index (χ3v) is 3.32. The van der Waals surface area contributed by atoms with E-state index >= 15 is 0 Å². The molecule has 0 saturated carbocycles. The van der Waals surface area contributed by atoms with E-state index in [1.807, 2.05) is 13.1 Å². The first-order valence-electron chi connectivity index (χ1n) is 6.06. The molecule has 0 aromatic heterocycles. The Morgan fingerprint density at radius 3 is 2.52 bits per heavy atom. The third-order valence-electron chi connectivity index (χ3n) is 2.72. The highest BCUT2D eigenvalue weighted by Gasteiger charge is 2.13. The van der Waals surface area contributed by atoms with Crippen LogP contribution >= 0.6 is 23.2 Å². The molecule has 2 aromatic carbocycles. The highest BCUT2D eigenvalue weighted by Crippen LogP contribution is 2.34. The fourth-order valence-corrected chi connectivity index (χ4v) is 2.25. The molecule has 2 rings (SSSR count). The number of hydrogen-bond donors (Lipinski definition) is 1. The van der Waals surface area contributed by atoms with E-state index < -0.39 is 4.92 Å². The first-order chi connectivity index (χ1) is 10.0. The average Bonchev–Trinajstić information content (AvgIpc) is 2.42. The van der Waals surface area contributed by atoms with Gasteiger partial charge in [0.05, 0.1) is 9.95 Å². The monoisotopic (exact) mass is 326 g/mol. The smallest absolute Gasteiger partial charge is 0.288 e. The van der Waals surface area contributed by atoms with Gasteiger partial charge in [0.15, 0.2) is 0 Å².